The molecule has 0 saturated carbocycles. The van der Waals surface area contributed by atoms with Crippen molar-refractivity contribution in [1.29, 1.82) is 0 Å². The summed E-state index contributed by atoms with van der Waals surface area (Å²) in [6.45, 7) is 6.95. The van der Waals surface area contributed by atoms with Gasteiger partial charge in [0.05, 0.1) is 18.3 Å². The molecule has 1 aromatic heterocycles. The van der Waals surface area contributed by atoms with Gasteiger partial charge in [-0.1, -0.05) is 29.4 Å². The molecule has 0 saturated heterocycles. The van der Waals surface area contributed by atoms with E-state index in [4.69, 9.17) is 4.52 Å². The van der Waals surface area contributed by atoms with Crippen molar-refractivity contribution in [3.05, 3.63) is 63.8 Å². The molecule has 1 aliphatic heterocycles. The Balaban J connectivity index is 1.52. The van der Waals surface area contributed by atoms with Gasteiger partial charge in [-0.2, -0.15) is 0 Å². The second-order valence-electron chi connectivity index (χ2n) is 7.46. The van der Waals surface area contributed by atoms with Crippen LogP contribution in [0.4, 0.5) is 0 Å². The highest BCUT2D eigenvalue weighted by Crippen LogP contribution is 2.26. The molecular weight excluding hydrogens is 340 g/mol. The first-order chi connectivity index (χ1) is 13.0. The minimum atomic E-state index is -0.178. The highest BCUT2D eigenvalue weighted by molar-refractivity contribution is 5.95. The van der Waals surface area contributed by atoms with Gasteiger partial charge in [-0.15, -0.1) is 0 Å². The molecular formula is C21H26N4O2. The maximum Gasteiger partial charge on any atom is 0.277 e. The molecule has 27 heavy (non-hydrogen) atoms. The molecule has 0 radical (unpaired) electrons. The molecule has 2 aliphatic rings. The van der Waals surface area contributed by atoms with Crippen LogP contribution in [-0.2, 0) is 19.4 Å². The first kappa shape index (κ1) is 17.8. The highest BCUT2D eigenvalue weighted by Gasteiger charge is 2.30. The average Bonchev–Trinajstić information content (AvgIpc) is 3.20. The van der Waals surface area contributed by atoms with E-state index in [0.717, 1.165) is 54.9 Å². The number of carbonyl (C=O) groups excluding carboxylic acids is 1. The number of benzene rings is 1. The number of allylic oxidation sites excluding steroid dienone is 1. The van der Waals surface area contributed by atoms with E-state index in [1.165, 1.54) is 11.1 Å². The Kier molecular flexibility index (Phi) is 4.74. The average molecular weight is 366 g/mol. The third-order valence-corrected chi connectivity index (χ3v) is 5.58. The predicted molar refractivity (Wildman–Crippen MR) is 103 cm³/mol. The Labute approximate surface area is 159 Å². The summed E-state index contributed by atoms with van der Waals surface area (Å²) in [4.78, 5) is 12.8. The van der Waals surface area contributed by atoms with Crippen LogP contribution in [0.2, 0.25) is 0 Å². The summed E-state index contributed by atoms with van der Waals surface area (Å²) in [6.07, 6.45) is 3.92. The topological polar surface area (TPSA) is 70.4 Å². The summed E-state index contributed by atoms with van der Waals surface area (Å²) in [5.74, 6) is 0.693. The zero-order valence-corrected chi connectivity index (χ0v) is 16.1. The molecule has 1 aliphatic carbocycles. The molecule has 2 heterocycles. The Morgan fingerprint density at radius 2 is 2.07 bits per heavy atom. The fourth-order valence-corrected chi connectivity index (χ4v) is 3.92. The monoisotopic (exact) mass is 366 g/mol. The van der Waals surface area contributed by atoms with Crippen LogP contribution in [0, 0.1) is 6.92 Å². The van der Waals surface area contributed by atoms with Gasteiger partial charge in [0.15, 0.2) is 5.69 Å². The van der Waals surface area contributed by atoms with E-state index in [-0.39, 0.29) is 11.9 Å². The molecule has 2 aromatic rings. The van der Waals surface area contributed by atoms with Crippen LogP contribution in [0.3, 0.4) is 0 Å². The van der Waals surface area contributed by atoms with Crippen LogP contribution in [0.5, 0.6) is 0 Å². The lowest BCUT2D eigenvalue weighted by Gasteiger charge is -2.22. The van der Waals surface area contributed by atoms with Crippen molar-refractivity contribution in [2.45, 2.75) is 59.0 Å². The fraction of sp³-hybridized carbons (Fsp3) is 0.429. The predicted octanol–water partition coefficient (Wildman–Crippen LogP) is 3.23. The molecule has 0 spiro atoms. The van der Waals surface area contributed by atoms with Gasteiger partial charge in [-0.05, 0) is 51.2 Å². The number of hydrogen-bond acceptors (Lipinski definition) is 5. The summed E-state index contributed by atoms with van der Waals surface area (Å²) < 4.78 is 5.39. The van der Waals surface area contributed by atoms with Gasteiger partial charge in [-0.3, -0.25) is 4.79 Å². The number of rotatable bonds is 4. The second kappa shape index (κ2) is 7.19. The zero-order valence-electron chi connectivity index (χ0n) is 16.1. The number of hydrazine groups is 1. The summed E-state index contributed by atoms with van der Waals surface area (Å²) in [6, 6.07) is 8.38. The molecule has 1 aromatic carbocycles. The lowest BCUT2D eigenvalue weighted by Crippen LogP contribution is -2.37. The number of hydrogen-bond donors (Lipinski definition) is 2. The van der Waals surface area contributed by atoms with Crippen LogP contribution in [0.25, 0.3) is 0 Å². The Morgan fingerprint density at radius 3 is 2.89 bits per heavy atom. The number of aromatic nitrogens is 1. The molecule has 142 valence electrons. The van der Waals surface area contributed by atoms with E-state index in [1.54, 1.807) is 0 Å². The minimum Gasteiger partial charge on any atom is -0.360 e. The van der Waals surface area contributed by atoms with E-state index < -0.39 is 0 Å². The molecule has 1 amide bonds. The van der Waals surface area contributed by atoms with Gasteiger partial charge in [-0.25, -0.2) is 5.43 Å². The van der Waals surface area contributed by atoms with Gasteiger partial charge < -0.3 is 14.8 Å². The first-order valence-electron chi connectivity index (χ1n) is 9.62. The van der Waals surface area contributed by atoms with Gasteiger partial charge in [0, 0.05) is 17.7 Å². The molecule has 0 unspecified atom stereocenters. The highest BCUT2D eigenvalue weighted by atomic mass is 16.5. The van der Waals surface area contributed by atoms with Crippen molar-refractivity contribution >= 4 is 5.91 Å². The lowest BCUT2D eigenvalue weighted by atomic mass is 9.96. The molecule has 6 nitrogen and oxygen atoms in total. The van der Waals surface area contributed by atoms with Crippen molar-refractivity contribution in [3.63, 3.8) is 0 Å². The molecule has 1 atom stereocenters. The van der Waals surface area contributed by atoms with E-state index in [2.05, 4.69) is 53.0 Å². The number of carbonyl (C=O) groups is 1. The third kappa shape index (κ3) is 3.37. The number of nitrogens with one attached hydrogen (secondary N) is 2. The van der Waals surface area contributed by atoms with Crippen molar-refractivity contribution in [3.8, 4) is 0 Å². The smallest absolute Gasteiger partial charge is 0.277 e. The van der Waals surface area contributed by atoms with Gasteiger partial charge in [0.1, 0.15) is 5.76 Å². The van der Waals surface area contributed by atoms with Crippen molar-refractivity contribution in [1.82, 2.24) is 20.9 Å². The maximum absolute atomic E-state index is 12.8. The molecule has 4 rings (SSSR count). The summed E-state index contributed by atoms with van der Waals surface area (Å²) >= 11 is 0. The lowest BCUT2D eigenvalue weighted by molar-refractivity contribution is 0.0953. The molecule has 0 bridgehead atoms. The van der Waals surface area contributed by atoms with Crippen LogP contribution < -0.4 is 10.7 Å². The number of amides is 1. The van der Waals surface area contributed by atoms with Crippen LogP contribution >= 0.6 is 0 Å². The molecule has 6 heteroatoms. The number of fused-ring (bicyclic) bond motifs is 1. The normalized spacial score (nSPS) is 19.4. The summed E-state index contributed by atoms with van der Waals surface area (Å²) in [5.41, 5.74) is 9.29. The zero-order chi connectivity index (χ0) is 19.0. The Hall–Kier alpha value is -2.60. The van der Waals surface area contributed by atoms with Gasteiger partial charge >= 0.3 is 0 Å². The number of aryl methyl sites for hydroxylation is 2. The van der Waals surface area contributed by atoms with Crippen LogP contribution in [0.15, 0.2) is 40.2 Å². The molecule has 0 fully saturated rings. The van der Waals surface area contributed by atoms with Gasteiger partial charge in [0.25, 0.3) is 5.91 Å². The maximum atomic E-state index is 12.8. The molecule has 2 N–H and O–H groups in total. The SMILES string of the molecule is CC1=C(NC(=O)c2noc3c2CCCC3)[C@@H](C)NN1Cc1ccccc1C. The summed E-state index contributed by atoms with van der Waals surface area (Å²) in [7, 11) is 0. The number of nitrogens with zero attached hydrogens (tertiary/aromatic N) is 2. The quantitative estimate of drug-likeness (QED) is 0.869. The Morgan fingerprint density at radius 1 is 1.30 bits per heavy atom. The van der Waals surface area contributed by atoms with E-state index in [9.17, 15) is 4.79 Å². The third-order valence-electron chi connectivity index (χ3n) is 5.58. The fourth-order valence-electron chi connectivity index (χ4n) is 3.92. The Bertz CT molecular complexity index is 899. The van der Waals surface area contributed by atoms with Crippen LogP contribution in [-0.4, -0.2) is 22.1 Å². The standard InChI is InChI=1S/C21H26N4O2/c1-13-8-4-5-9-16(13)12-25-15(3)19(14(2)23-25)22-21(26)20-17-10-6-7-11-18(17)27-24-20/h4-5,8-9,14,23H,6-7,10-12H2,1-3H3,(H,22,26)/t14-/m1/s1. The van der Waals surface area contributed by atoms with E-state index in [1.807, 2.05) is 13.0 Å². The van der Waals surface area contributed by atoms with E-state index >= 15 is 0 Å². The first-order valence-corrected chi connectivity index (χ1v) is 9.62. The van der Waals surface area contributed by atoms with Crippen molar-refractivity contribution < 1.29 is 9.32 Å². The van der Waals surface area contributed by atoms with Crippen molar-refractivity contribution in [2.75, 3.05) is 0 Å². The second-order valence-corrected chi connectivity index (χ2v) is 7.46. The minimum absolute atomic E-state index is 0.0284. The van der Waals surface area contributed by atoms with Crippen LogP contribution in [0.1, 0.15) is 59.6 Å². The van der Waals surface area contributed by atoms with Gasteiger partial charge in [0.2, 0.25) is 0 Å². The largest absolute Gasteiger partial charge is 0.360 e. The van der Waals surface area contributed by atoms with Crippen molar-refractivity contribution in [2.24, 2.45) is 0 Å². The van der Waals surface area contributed by atoms with E-state index in [0.29, 0.717) is 5.69 Å². The summed E-state index contributed by atoms with van der Waals surface area (Å²) in [5, 5.41) is 9.22.